The summed E-state index contributed by atoms with van der Waals surface area (Å²) in [5, 5.41) is 0. The summed E-state index contributed by atoms with van der Waals surface area (Å²) in [6.45, 7) is 2.18. The molecule has 0 aliphatic rings. The van der Waals surface area contributed by atoms with Crippen molar-refractivity contribution in [1.82, 2.24) is 0 Å². The summed E-state index contributed by atoms with van der Waals surface area (Å²) < 4.78 is 16.2. The van der Waals surface area contributed by atoms with E-state index in [0.717, 1.165) is 29.2 Å². The second-order valence-electron chi connectivity index (χ2n) is 4.35. The Morgan fingerprint density at radius 1 is 1.11 bits per heavy atom. The quantitative estimate of drug-likeness (QED) is 0.509. The lowest BCUT2D eigenvalue weighted by molar-refractivity contribution is -0.133. The van der Waals surface area contributed by atoms with Gasteiger partial charge in [-0.3, -0.25) is 0 Å². The largest absolute Gasteiger partial charge is 0.496 e. The summed E-state index contributed by atoms with van der Waals surface area (Å²) in [4.78, 5) is 1.16. The monoisotopic (exact) mass is 284 g/mol. The number of ether oxygens (including phenoxy) is 3. The summed E-state index contributed by atoms with van der Waals surface area (Å²) in [7, 11) is 5.10. The maximum absolute atomic E-state index is 5.39. The Labute approximate surface area is 120 Å². The summed E-state index contributed by atoms with van der Waals surface area (Å²) >= 11 is 1.79. The molecular weight excluding hydrogens is 260 g/mol. The molecule has 4 heteroatoms. The van der Waals surface area contributed by atoms with Crippen LogP contribution in [0.15, 0.2) is 29.2 Å². The van der Waals surface area contributed by atoms with Crippen molar-refractivity contribution in [2.24, 2.45) is 5.92 Å². The standard InChI is InChI=1S/C15H24O3S/c1-5-8-12(15(17-3)18-4)11-19-14-10-7-6-9-13(14)16-2/h6-7,9-10,12,15H,5,8,11H2,1-4H3/t12-/m1/s1. The third kappa shape index (κ3) is 5.05. The zero-order chi connectivity index (χ0) is 14.1. The van der Waals surface area contributed by atoms with Gasteiger partial charge >= 0.3 is 0 Å². The summed E-state index contributed by atoms with van der Waals surface area (Å²) in [5.41, 5.74) is 0. The van der Waals surface area contributed by atoms with Gasteiger partial charge in [-0.15, -0.1) is 11.8 Å². The minimum atomic E-state index is -0.137. The number of methoxy groups -OCH3 is 3. The van der Waals surface area contributed by atoms with Crippen molar-refractivity contribution in [2.75, 3.05) is 27.1 Å². The van der Waals surface area contributed by atoms with Crippen LogP contribution in [0.1, 0.15) is 19.8 Å². The number of hydrogen-bond acceptors (Lipinski definition) is 4. The Hall–Kier alpha value is -0.710. The Morgan fingerprint density at radius 2 is 1.79 bits per heavy atom. The number of benzene rings is 1. The Balaban J connectivity index is 2.64. The van der Waals surface area contributed by atoms with E-state index in [2.05, 4.69) is 13.0 Å². The van der Waals surface area contributed by atoms with Gasteiger partial charge in [0.1, 0.15) is 5.75 Å². The third-order valence-corrected chi connectivity index (χ3v) is 4.27. The lowest BCUT2D eigenvalue weighted by atomic mass is 10.1. The minimum Gasteiger partial charge on any atom is -0.496 e. The minimum absolute atomic E-state index is 0.137. The van der Waals surface area contributed by atoms with E-state index >= 15 is 0 Å². The van der Waals surface area contributed by atoms with Crippen molar-refractivity contribution < 1.29 is 14.2 Å². The molecule has 0 heterocycles. The van der Waals surface area contributed by atoms with Crippen molar-refractivity contribution in [3.05, 3.63) is 24.3 Å². The predicted octanol–water partition coefficient (Wildman–Crippen LogP) is 3.82. The van der Waals surface area contributed by atoms with Gasteiger partial charge in [-0.1, -0.05) is 25.5 Å². The molecule has 0 aromatic heterocycles. The first-order chi connectivity index (χ1) is 9.26. The highest BCUT2D eigenvalue weighted by Gasteiger charge is 2.20. The number of thioether (sulfide) groups is 1. The second kappa shape index (κ2) is 9.23. The fourth-order valence-electron chi connectivity index (χ4n) is 2.08. The van der Waals surface area contributed by atoms with Crippen LogP contribution in [-0.4, -0.2) is 33.4 Å². The average molecular weight is 284 g/mol. The van der Waals surface area contributed by atoms with E-state index in [0.29, 0.717) is 5.92 Å². The molecule has 0 fully saturated rings. The molecule has 0 aliphatic carbocycles. The van der Waals surface area contributed by atoms with Gasteiger partial charge in [0.15, 0.2) is 6.29 Å². The molecule has 108 valence electrons. The van der Waals surface area contributed by atoms with Crippen LogP contribution in [0.2, 0.25) is 0 Å². The highest BCUT2D eigenvalue weighted by Crippen LogP contribution is 2.32. The highest BCUT2D eigenvalue weighted by molar-refractivity contribution is 7.99. The van der Waals surface area contributed by atoms with Gasteiger partial charge in [0.2, 0.25) is 0 Å². The molecular formula is C15H24O3S. The summed E-state index contributed by atoms with van der Waals surface area (Å²) in [6.07, 6.45) is 2.08. The molecule has 0 N–H and O–H groups in total. The van der Waals surface area contributed by atoms with Crippen LogP contribution in [0.4, 0.5) is 0 Å². The van der Waals surface area contributed by atoms with E-state index in [4.69, 9.17) is 14.2 Å². The number of hydrogen-bond donors (Lipinski definition) is 0. The van der Waals surface area contributed by atoms with Gasteiger partial charge < -0.3 is 14.2 Å². The molecule has 0 amide bonds. The Kier molecular flexibility index (Phi) is 7.94. The van der Waals surface area contributed by atoms with Crippen LogP contribution in [0.25, 0.3) is 0 Å². The van der Waals surface area contributed by atoms with E-state index in [1.54, 1.807) is 33.1 Å². The molecule has 3 nitrogen and oxygen atoms in total. The SMILES string of the molecule is CCC[C@H](CSc1ccccc1OC)C(OC)OC. The summed E-state index contributed by atoms with van der Waals surface area (Å²) in [6, 6.07) is 8.09. The van der Waals surface area contributed by atoms with Crippen LogP contribution >= 0.6 is 11.8 Å². The molecule has 1 aromatic carbocycles. The number of rotatable bonds is 9. The van der Waals surface area contributed by atoms with Gasteiger partial charge in [-0.25, -0.2) is 0 Å². The zero-order valence-corrected chi connectivity index (χ0v) is 13.0. The topological polar surface area (TPSA) is 27.7 Å². The van der Waals surface area contributed by atoms with Crippen LogP contribution in [0.3, 0.4) is 0 Å². The van der Waals surface area contributed by atoms with Crippen LogP contribution in [0.5, 0.6) is 5.75 Å². The normalized spacial score (nSPS) is 12.7. The lowest BCUT2D eigenvalue weighted by Gasteiger charge is -2.24. The van der Waals surface area contributed by atoms with E-state index in [1.807, 2.05) is 18.2 Å². The van der Waals surface area contributed by atoms with Crippen molar-refractivity contribution >= 4 is 11.8 Å². The Morgan fingerprint density at radius 3 is 2.37 bits per heavy atom. The van der Waals surface area contributed by atoms with Crippen LogP contribution in [0, 0.1) is 5.92 Å². The molecule has 1 aromatic rings. The molecule has 0 bridgehead atoms. The first-order valence-electron chi connectivity index (χ1n) is 6.58. The van der Waals surface area contributed by atoms with E-state index in [9.17, 15) is 0 Å². The highest BCUT2D eigenvalue weighted by atomic mass is 32.2. The second-order valence-corrected chi connectivity index (χ2v) is 5.41. The average Bonchev–Trinajstić information content (AvgIpc) is 2.46. The van der Waals surface area contributed by atoms with Crippen LogP contribution < -0.4 is 4.74 Å². The van der Waals surface area contributed by atoms with Gasteiger partial charge in [-0.2, -0.15) is 0 Å². The van der Waals surface area contributed by atoms with Gasteiger partial charge in [0.05, 0.1) is 7.11 Å². The smallest absolute Gasteiger partial charge is 0.160 e. The molecule has 0 saturated heterocycles. The lowest BCUT2D eigenvalue weighted by Crippen LogP contribution is -2.26. The van der Waals surface area contributed by atoms with Gasteiger partial charge in [0.25, 0.3) is 0 Å². The van der Waals surface area contributed by atoms with Crippen molar-refractivity contribution in [3.8, 4) is 5.75 Å². The molecule has 1 atom stereocenters. The zero-order valence-electron chi connectivity index (χ0n) is 12.2. The fraction of sp³-hybridized carbons (Fsp3) is 0.600. The third-order valence-electron chi connectivity index (χ3n) is 3.03. The number of para-hydroxylation sites is 1. The van der Waals surface area contributed by atoms with Gasteiger partial charge in [-0.05, 0) is 18.6 Å². The molecule has 0 unspecified atom stereocenters. The van der Waals surface area contributed by atoms with Crippen LogP contribution in [-0.2, 0) is 9.47 Å². The van der Waals surface area contributed by atoms with Crippen molar-refractivity contribution in [2.45, 2.75) is 31.0 Å². The maximum Gasteiger partial charge on any atom is 0.160 e. The fourth-order valence-corrected chi connectivity index (χ4v) is 3.27. The predicted molar refractivity (Wildman–Crippen MR) is 79.9 cm³/mol. The van der Waals surface area contributed by atoms with Gasteiger partial charge in [0, 0.05) is 30.8 Å². The van der Waals surface area contributed by atoms with Crippen molar-refractivity contribution in [3.63, 3.8) is 0 Å². The molecule has 0 spiro atoms. The molecule has 0 aliphatic heterocycles. The van der Waals surface area contributed by atoms with E-state index in [1.165, 1.54) is 0 Å². The molecule has 0 saturated carbocycles. The molecule has 19 heavy (non-hydrogen) atoms. The molecule has 1 rings (SSSR count). The van der Waals surface area contributed by atoms with E-state index in [-0.39, 0.29) is 6.29 Å². The summed E-state index contributed by atoms with van der Waals surface area (Å²) in [5.74, 6) is 2.27. The van der Waals surface area contributed by atoms with Crippen molar-refractivity contribution in [1.29, 1.82) is 0 Å². The maximum atomic E-state index is 5.39. The van der Waals surface area contributed by atoms with E-state index < -0.39 is 0 Å². The Bertz CT molecular complexity index is 353. The first-order valence-corrected chi connectivity index (χ1v) is 7.56. The first kappa shape index (κ1) is 16.3. The molecule has 0 radical (unpaired) electrons.